The molecule has 11 heavy (non-hydrogen) atoms. The standard InChI is InChI=1S/C9H12Br2/c10-8-4-1-2-5(9(8)11)7-3-6(4)7/h4-9H,1-3H2/t4-,5+,6+,7-,8-,9-/m0/s1. The van der Waals surface area contributed by atoms with Gasteiger partial charge in [-0.1, -0.05) is 31.9 Å². The Balaban J connectivity index is 1.94. The quantitative estimate of drug-likeness (QED) is 0.598. The Morgan fingerprint density at radius 2 is 1.18 bits per heavy atom. The third-order valence-electron chi connectivity index (χ3n) is 3.95. The number of rotatable bonds is 0. The molecule has 4 aliphatic rings. The molecule has 6 atom stereocenters. The van der Waals surface area contributed by atoms with Crippen LogP contribution in [0.1, 0.15) is 19.3 Å². The maximum atomic E-state index is 3.83. The monoisotopic (exact) mass is 278 g/mol. The van der Waals surface area contributed by atoms with Crippen molar-refractivity contribution >= 4 is 31.9 Å². The lowest BCUT2D eigenvalue weighted by atomic mass is 9.71. The second-order valence-electron chi connectivity index (χ2n) is 4.36. The molecule has 4 rings (SSSR count). The van der Waals surface area contributed by atoms with E-state index < -0.39 is 0 Å². The second-order valence-corrected chi connectivity index (χ2v) is 6.47. The molecule has 0 radical (unpaired) electrons. The molecule has 62 valence electrons. The van der Waals surface area contributed by atoms with Gasteiger partial charge in [-0.05, 0) is 42.9 Å². The van der Waals surface area contributed by atoms with Gasteiger partial charge in [0.25, 0.3) is 0 Å². The Labute approximate surface area is 84.4 Å². The third-order valence-corrected chi connectivity index (χ3v) is 7.15. The first-order chi connectivity index (χ1) is 5.29. The Kier molecular flexibility index (Phi) is 1.51. The van der Waals surface area contributed by atoms with Gasteiger partial charge in [0.2, 0.25) is 0 Å². The van der Waals surface area contributed by atoms with Gasteiger partial charge in [0.1, 0.15) is 0 Å². The highest BCUT2D eigenvalue weighted by Gasteiger charge is 2.59. The Morgan fingerprint density at radius 1 is 0.727 bits per heavy atom. The Bertz CT molecular complexity index is 172. The molecular weight excluding hydrogens is 268 g/mol. The molecule has 0 N–H and O–H groups in total. The lowest BCUT2D eigenvalue weighted by Gasteiger charge is -2.43. The zero-order chi connectivity index (χ0) is 7.59. The fourth-order valence-corrected chi connectivity index (χ4v) is 5.39. The summed E-state index contributed by atoms with van der Waals surface area (Å²) in [5.41, 5.74) is 0. The van der Waals surface area contributed by atoms with E-state index in [-0.39, 0.29) is 0 Å². The first kappa shape index (κ1) is 7.37. The second kappa shape index (κ2) is 2.25. The highest BCUT2D eigenvalue weighted by molar-refractivity contribution is 9.12. The van der Waals surface area contributed by atoms with Crippen LogP contribution in [-0.4, -0.2) is 9.65 Å². The predicted octanol–water partition coefficient (Wildman–Crippen LogP) is 3.19. The smallest absolute Gasteiger partial charge is 0.0304 e. The number of halogens is 2. The summed E-state index contributed by atoms with van der Waals surface area (Å²) in [6.07, 6.45) is 4.52. The van der Waals surface area contributed by atoms with Gasteiger partial charge in [0.05, 0.1) is 0 Å². The SMILES string of the molecule is Br[C@@H]1[C@@H](Br)[C@@H]2CC[C@H]1[C@H]1C[C@H]12. The van der Waals surface area contributed by atoms with E-state index in [1.807, 2.05) is 0 Å². The molecule has 4 aliphatic carbocycles. The summed E-state index contributed by atoms with van der Waals surface area (Å²) >= 11 is 7.66. The molecule has 4 saturated carbocycles. The summed E-state index contributed by atoms with van der Waals surface area (Å²) in [6, 6.07) is 0. The number of hydrogen-bond donors (Lipinski definition) is 0. The minimum Gasteiger partial charge on any atom is -0.0875 e. The van der Waals surface area contributed by atoms with E-state index in [1.165, 1.54) is 12.8 Å². The summed E-state index contributed by atoms with van der Waals surface area (Å²) in [4.78, 5) is 1.56. The summed E-state index contributed by atoms with van der Waals surface area (Å²) in [5, 5.41) is 0. The Hall–Kier alpha value is 0.960. The molecule has 0 aromatic rings. The van der Waals surface area contributed by atoms with Gasteiger partial charge in [-0.3, -0.25) is 0 Å². The van der Waals surface area contributed by atoms with Crippen LogP contribution in [0, 0.1) is 23.7 Å². The summed E-state index contributed by atoms with van der Waals surface area (Å²) in [5.74, 6) is 4.25. The van der Waals surface area contributed by atoms with Crippen LogP contribution in [0.15, 0.2) is 0 Å². The molecule has 0 nitrogen and oxygen atoms in total. The van der Waals surface area contributed by atoms with Crippen LogP contribution in [-0.2, 0) is 0 Å². The summed E-state index contributed by atoms with van der Waals surface area (Å²) in [7, 11) is 0. The van der Waals surface area contributed by atoms with Crippen molar-refractivity contribution in [1.82, 2.24) is 0 Å². The zero-order valence-corrected chi connectivity index (χ0v) is 9.51. The van der Waals surface area contributed by atoms with Crippen LogP contribution in [0.2, 0.25) is 0 Å². The van der Waals surface area contributed by atoms with Crippen molar-refractivity contribution in [3.05, 3.63) is 0 Å². The van der Waals surface area contributed by atoms with Crippen molar-refractivity contribution in [2.45, 2.75) is 28.9 Å². The van der Waals surface area contributed by atoms with E-state index in [0.29, 0.717) is 0 Å². The largest absolute Gasteiger partial charge is 0.0875 e. The molecule has 0 aliphatic heterocycles. The Morgan fingerprint density at radius 3 is 1.64 bits per heavy atom. The normalized spacial score (nSPS) is 66.0. The van der Waals surface area contributed by atoms with Crippen LogP contribution in [0.5, 0.6) is 0 Å². The predicted molar refractivity (Wildman–Crippen MR) is 53.2 cm³/mol. The van der Waals surface area contributed by atoms with Crippen LogP contribution >= 0.6 is 31.9 Å². The number of fused-ring (bicyclic) bond motifs is 2. The van der Waals surface area contributed by atoms with Crippen LogP contribution in [0.4, 0.5) is 0 Å². The molecule has 0 unspecified atom stereocenters. The number of alkyl halides is 2. The third kappa shape index (κ3) is 0.861. The summed E-state index contributed by atoms with van der Waals surface area (Å²) in [6.45, 7) is 0. The highest BCUT2D eigenvalue weighted by Crippen LogP contribution is 2.65. The molecular formula is C9H12Br2. The van der Waals surface area contributed by atoms with E-state index >= 15 is 0 Å². The summed E-state index contributed by atoms with van der Waals surface area (Å²) < 4.78 is 0. The van der Waals surface area contributed by atoms with Gasteiger partial charge in [-0.15, -0.1) is 0 Å². The van der Waals surface area contributed by atoms with Gasteiger partial charge >= 0.3 is 0 Å². The van der Waals surface area contributed by atoms with E-state index in [9.17, 15) is 0 Å². The minimum atomic E-state index is 0.782. The van der Waals surface area contributed by atoms with E-state index in [2.05, 4.69) is 31.9 Å². The molecule has 0 spiro atoms. The first-order valence-corrected chi connectivity index (χ1v) is 6.40. The molecule has 0 aromatic carbocycles. The van der Waals surface area contributed by atoms with Crippen molar-refractivity contribution in [3.63, 3.8) is 0 Å². The molecule has 0 heterocycles. The molecule has 0 amide bonds. The highest BCUT2D eigenvalue weighted by atomic mass is 79.9. The lowest BCUT2D eigenvalue weighted by molar-refractivity contribution is 0.182. The molecule has 4 fully saturated rings. The van der Waals surface area contributed by atoms with Crippen molar-refractivity contribution in [2.75, 3.05) is 0 Å². The van der Waals surface area contributed by atoms with Crippen LogP contribution in [0.3, 0.4) is 0 Å². The first-order valence-electron chi connectivity index (χ1n) is 4.57. The van der Waals surface area contributed by atoms with Gasteiger partial charge in [0.15, 0.2) is 0 Å². The molecule has 0 aromatic heterocycles. The van der Waals surface area contributed by atoms with Crippen molar-refractivity contribution in [1.29, 1.82) is 0 Å². The van der Waals surface area contributed by atoms with E-state index in [1.54, 1.807) is 6.42 Å². The van der Waals surface area contributed by atoms with Crippen molar-refractivity contribution < 1.29 is 0 Å². The van der Waals surface area contributed by atoms with Gasteiger partial charge < -0.3 is 0 Å². The average Bonchev–Trinajstić information content (AvgIpc) is 2.76. The minimum absolute atomic E-state index is 0.782. The van der Waals surface area contributed by atoms with Crippen molar-refractivity contribution in [2.24, 2.45) is 23.7 Å². The topological polar surface area (TPSA) is 0 Å². The van der Waals surface area contributed by atoms with E-state index in [0.717, 1.165) is 33.3 Å². The molecule has 2 bridgehead atoms. The fraction of sp³-hybridized carbons (Fsp3) is 1.00. The molecule has 2 heteroatoms. The van der Waals surface area contributed by atoms with Crippen molar-refractivity contribution in [3.8, 4) is 0 Å². The average molecular weight is 280 g/mol. The maximum absolute atomic E-state index is 3.83. The van der Waals surface area contributed by atoms with E-state index in [4.69, 9.17) is 0 Å². The van der Waals surface area contributed by atoms with Gasteiger partial charge in [0, 0.05) is 9.65 Å². The fourth-order valence-electron chi connectivity index (χ4n) is 3.30. The van der Waals surface area contributed by atoms with Gasteiger partial charge in [-0.25, -0.2) is 0 Å². The van der Waals surface area contributed by atoms with Crippen LogP contribution in [0.25, 0.3) is 0 Å². The number of hydrogen-bond acceptors (Lipinski definition) is 0. The zero-order valence-electron chi connectivity index (χ0n) is 6.34. The lowest BCUT2D eigenvalue weighted by Crippen LogP contribution is -2.43. The molecule has 0 saturated heterocycles. The maximum Gasteiger partial charge on any atom is 0.0304 e. The van der Waals surface area contributed by atoms with Gasteiger partial charge in [-0.2, -0.15) is 0 Å². The van der Waals surface area contributed by atoms with Crippen LogP contribution < -0.4 is 0 Å².